The van der Waals surface area contributed by atoms with E-state index in [-0.39, 0.29) is 0 Å². The van der Waals surface area contributed by atoms with Gasteiger partial charge < -0.3 is 9.47 Å². The molecule has 96 valence electrons. The smallest absolute Gasteiger partial charge is 0.149 e. The molecule has 0 spiro atoms. The summed E-state index contributed by atoms with van der Waals surface area (Å²) in [6, 6.07) is 17.5. The maximum atomic E-state index is 5.48. The first-order valence-electron chi connectivity index (χ1n) is 6.17. The Bertz CT molecular complexity index is 547. The average molecular weight is 252 g/mol. The van der Waals surface area contributed by atoms with Gasteiger partial charge in [-0.05, 0) is 31.2 Å². The Morgan fingerprint density at radius 1 is 0.737 bits per heavy atom. The fourth-order valence-corrected chi connectivity index (χ4v) is 1.49. The van der Waals surface area contributed by atoms with Crippen LogP contribution in [0.15, 0.2) is 54.6 Å². The lowest BCUT2D eigenvalue weighted by Crippen LogP contribution is -1.97. The van der Waals surface area contributed by atoms with E-state index in [0.717, 1.165) is 11.5 Å². The van der Waals surface area contributed by atoms with Crippen LogP contribution in [0.3, 0.4) is 0 Å². The maximum absolute atomic E-state index is 5.48. The molecule has 0 unspecified atom stereocenters. The highest BCUT2D eigenvalue weighted by atomic mass is 16.5. The fraction of sp³-hybridized carbons (Fsp3) is 0.176. The van der Waals surface area contributed by atoms with Gasteiger partial charge in [0.05, 0.1) is 0 Å². The third kappa shape index (κ3) is 4.77. The lowest BCUT2D eigenvalue weighted by atomic mass is 10.2. The van der Waals surface area contributed by atoms with Crippen molar-refractivity contribution in [1.82, 2.24) is 0 Å². The highest BCUT2D eigenvalue weighted by Gasteiger charge is 1.90. The summed E-state index contributed by atoms with van der Waals surface area (Å²) in [4.78, 5) is 0. The molecule has 0 amide bonds. The van der Waals surface area contributed by atoms with Crippen LogP contribution in [0, 0.1) is 18.8 Å². The Morgan fingerprint density at radius 3 is 1.84 bits per heavy atom. The second kappa shape index (κ2) is 7.13. The predicted octanol–water partition coefficient (Wildman–Crippen LogP) is 3.46. The van der Waals surface area contributed by atoms with Crippen LogP contribution in [0.25, 0.3) is 0 Å². The Labute approximate surface area is 114 Å². The Morgan fingerprint density at radius 2 is 1.26 bits per heavy atom. The van der Waals surface area contributed by atoms with Crippen LogP contribution in [-0.2, 0) is 0 Å². The molecule has 2 aromatic rings. The second-order valence-corrected chi connectivity index (χ2v) is 4.06. The molecule has 2 nitrogen and oxygen atoms in total. The normalized spacial score (nSPS) is 9.32. The molecule has 2 aromatic carbocycles. The molecular formula is C17H16O2. The third-order valence-electron chi connectivity index (χ3n) is 2.51. The lowest BCUT2D eigenvalue weighted by molar-refractivity contribution is 0.362. The van der Waals surface area contributed by atoms with E-state index >= 15 is 0 Å². The van der Waals surface area contributed by atoms with Crippen molar-refractivity contribution < 1.29 is 9.47 Å². The van der Waals surface area contributed by atoms with Crippen molar-refractivity contribution in [2.45, 2.75) is 6.92 Å². The topological polar surface area (TPSA) is 18.5 Å². The summed E-state index contributed by atoms with van der Waals surface area (Å²) in [5, 5.41) is 0. The van der Waals surface area contributed by atoms with Gasteiger partial charge in [-0.2, -0.15) is 0 Å². The van der Waals surface area contributed by atoms with E-state index in [4.69, 9.17) is 9.47 Å². The molecule has 2 rings (SSSR count). The Kier molecular flexibility index (Phi) is 4.89. The van der Waals surface area contributed by atoms with E-state index in [1.165, 1.54) is 5.56 Å². The van der Waals surface area contributed by atoms with E-state index in [1.54, 1.807) is 0 Å². The molecular weight excluding hydrogens is 236 g/mol. The first-order valence-corrected chi connectivity index (χ1v) is 6.17. The summed E-state index contributed by atoms with van der Waals surface area (Å²) in [5.74, 6) is 7.51. The number of hydrogen-bond donors (Lipinski definition) is 0. The van der Waals surface area contributed by atoms with E-state index in [1.807, 2.05) is 61.5 Å². The van der Waals surface area contributed by atoms with Crippen molar-refractivity contribution in [3.63, 3.8) is 0 Å². The monoisotopic (exact) mass is 252 g/mol. The minimum Gasteiger partial charge on any atom is -0.481 e. The van der Waals surface area contributed by atoms with Crippen molar-refractivity contribution in [3.8, 4) is 23.3 Å². The second-order valence-electron chi connectivity index (χ2n) is 4.06. The molecule has 0 aromatic heterocycles. The number of hydrogen-bond acceptors (Lipinski definition) is 2. The summed E-state index contributed by atoms with van der Waals surface area (Å²) in [7, 11) is 0. The van der Waals surface area contributed by atoms with Crippen LogP contribution < -0.4 is 9.47 Å². The minimum atomic E-state index is 0.376. The largest absolute Gasteiger partial charge is 0.481 e. The molecule has 0 fully saturated rings. The van der Waals surface area contributed by atoms with Gasteiger partial charge in [-0.15, -0.1) is 0 Å². The van der Waals surface area contributed by atoms with Crippen LogP contribution in [0.5, 0.6) is 11.5 Å². The van der Waals surface area contributed by atoms with Crippen molar-refractivity contribution in [3.05, 3.63) is 60.2 Å². The first kappa shape index (κ1) is 13.0. The number of benzene rings is 2. The zero-order valence-corrected chi connectivity index (χ0v) is 10.9. The van der Waals surface area contributed by atoms with Gasteiger partial charge in [0.25, 0.3) is 0 Å². The summed E-state index contributed by atoms with van der Waals surface area (Å²) in [5.41, 5.74) is 1.22. The molecule has 0 aliphatic heterocycles. The van der Waals surface area contributed by atoms with Crippen LogP contribution in [0.1, 0.15) is 5.56 Å². The van der Waals surface area contributed by atoms with E-state index in [9.17, 15) is 0 Å². The molecule has 0 heterocycles. The molecule has 0 aliphatic carbocycles. The van der Waals surface area contributed by atoms with Gasteiger partial charge in [0.15, 0.2) is 0 Å². The Hall–Kier alpha value is -2.40. The highest BCUT2D eigenvalue weighted by Crippen LogP contribution is 2.10. The lowest BCUT2D eigenvalue weighted by Gasteiger charge is -2.02. The van der Waals surface area contributed by atoms with E-state index in [2.05, 4.69) is 11.8 Å². The van der Waals surface area contributed by atoms with E-state index < -0.39 is 0 Å². The zero-order valence-electron chi connectivity index (χ0n) is 10.9. The molecule has 0 saturated heterocycles. The minimum absolute atomic E-state index is 0.376. The molecule has 0 saturated carbocycles. The number of aryl methyl sites for hydroxylation is 1. The average Bonchev–Trinajstić information content (AvgIpc) is 2.46. The van der Waals surface area contributed by atoms with Gasteiger partial charge in [0.1, 0.15) is 24.7 Å². The van der Waals surface area contributed by atoms with Crippen LogP contribution in [0.4, 0.5) is 0 Å². The molecule has 0 atom stereocenters. The van der Waals surface area contributed by atoms with Crippen molar-refractivity contribution in [2.24, 2.45) is 0 Å². The van der Waals surface area contributed by atoms with Crippen LogP contribution in [-0.4, -0.2) is 13.2 Å². The Balaban J connectivity index is 1.69. The fourth-order valence-electron chi connectivity index (χ4n) is 1.49. The molecule has 19 heavy (non-hydrogen) atoms. The van der Waals surface area contributed by atoms with Crippen LogP contribution in [0.2, 0.25) is 0 Å². The van der Waals surface area contributed by atoms with Gasteiger partial charge in [-0.3, -0.25) is 0 Å². The van der Waals surface area contributed by atoms with Gasteiger partial charge >= 0.3 is 0 Å². The SMILES string of the molecule is Cc1ccc(OCC#CCOc2ccccc2)cc1. The third-order valence-corrected chi connectivity index (χ3v) is 2.51. The first-order chi connectivity index (χ1) is 9.34. The summed E-state index contributed by atoms with van der Waals surface area (Å²) >= 11 is 0. The van der Waals surface area contributed by atoms with Gasteiger partial charge in [0.2, 0.25) is 0 Å². The summed E-state index contributed by atoms with van der Waals surface area (Å²) < 4.78 is 10.9. The zero-order chi connectivity index (χ0) is 13.3. The van der Waals surface area contributed by atoms with Gasteiger partial charge in [-0.1, -0.05) is 47.7 Å². The molecule has 2 heteroatoms. The van der Waals surface area contributed by atoms with Crippen molar-refractivity contribution in [2.75, 3.05) is 13.2 Å². The summed E-state index contributed by atoms with van der Waals surface area (Å²) in [6.45, 7) is 2.80. The van der Waals surface area contributed by atoms with Crippen molar-refractivity contribution in [1.29, 1.82) is 0 Å². The molecule has 0 radical (unpaired) electrons. The maximum Gasteiger partial charge on any atom is 0.149 e. The molecule has 0 N–H and O–H groups in total. The summed E-state index contributed by atoms with van der Waals surface area (Å²) in [6.07, 6.45) is 0. The molecule has 0 bridgehead atoms. The molecule has 0 aliphatic rings. The number of rotatable bonds is 4. The van der Waals surface area contributed by atoms with E-state index in [0.29, 0.717) is 13.2 Å². The van der Waals surface area contributed by atoms with Gasteiger partial charge in [0, 0.05) is 0 Å². The number of ether oxygens (including phenoxy) is 2. The quantitative estimate of drug-likeness (QED) is 0.776. The van der Waals surface area contributed by atoms with Gasteiger partial charge in [-0.25, -0.2) is 0 Å². The van der Waals surface area contributed by atoms with Crippen LogP contribution >= 0.6 is 0 Å². The number of para-hydroxylation sites is 1. The predicted molar refractivity (Wildman–Crippen MR) is 76.4 cm³/mol. The highest BCUT2D eigenvalue weighted by molar-refractivity contribution is 5.26. The standard InChI is InChI=1S/C17H16O2/c1-15-9-11-17(12-10-15)19-14-6-5-13-18-16-7-3-2-4-8-16/h2-4,7-12H,13-14H2,1H3. The van der Waals surface area contributed by atoms with Crippen molar-refractivity contribution >= 4 is 0 Å².